The van der Waals surface area contributed by atoms with Gasteiger partial charge in [-0.25, -0.2) is 4.39 Å². The van der Waals surface area contributed by atoms with Gasteiger partial charge in [-0.1, -0.05) is 23.7 Å². The Bertz CT molecular complexity index is 727. The van der Waals surface area contributed by atoms with Crippen molar-refractivity contribution in [3.05, 3.63) is 77.2 Å². The molecule has 0 saturated carbocycles. The first-order valence-electron chi connectivity index (χ1n) is 6.35. The highest BCUT2D eigenvalue weighted by atomic mass is 35.5. The van der Waals surface area contributed by atoms with Gasteiger partial charge in [0.25, 0.3) is 0 Å². The van der Waals surface area contributed by atoms with Crippen molar-refractivity contribution in [1.82, 2.24) is 4.57 Å². The topological polar surface area (TPSA) is 4.93 Å². The fourth-order valence-corrected chi connectivity index (χ4v) is 2.44. The predicted octanol–water partition coefficient (Wildman–Crippen LogP) is 5.25. The maximum Gasteiger partial charge on any atom is 0.123 e. The Kier molecular flexibility index (Phi) is 3.33. The summed E-state index contributed by atoms with van der Waals surface area (Å²) in [5.74, 6) is -0.230. The lowest BCUT2D eigenvalue weighted by molar-refractivity contribution is 0.627. The number of hydrogen-bond donors (Lipinski definition) is 0. The van der Waals surface area contributed by atoms with Crippen molar-refractivity contribution in [2.24, 2.45) is 0 Å². The van der Waals surface area contributed by atoms with Crippen LogP contribution in [0.2, 0.25) is 5.02 Å². The summed E-state index contributed by atoms with van der Waals surface area (Å²) in [5, 5.41) is 0.713. The molecule has 1 aromatic heterocycles. The molecule has 0 fully saturated rings. The lowest BCUT2D eigenvalue weighted by atomic mass is 10.1. The molecular weight excluding hydrogens is 273 g/mol. The van der Waals surface area contributed by atoms with Crippen LogP contribution in [0, 0.1) is 12.7 Å². The SMILES string of the molecule is Cc1ccc(-c2ccc(Cl)cc2)n1-c1ccc(F)cc1. The van der Waals surface area contributed by atoms with Gasteiger partial charge in [0, 0.05) is 16.4 Å². The van der Waals surface area contributed by atoms with E-state index in [2.05, 4.69) is 10.6 Å². The van der Waals surface area contributed by atoms with Gasteiger partial charge in [0.05, 0.1) is 5.69 Å². The summed E-state index contributed by atoms with van der Waals surface area (Å²) in [4.78, 5) is 0. The van der Waals surface area contributed by atoms with Gasteiger partial charge in [0.15, 0.2) is 0 Å². The van der Waals surface area contributed by atoms with E-state index in [0.29, 0.717) is 5.02 Å². The zero-order chi connectivity index (χ0) is 14.1. The van der Waals surface area contributed by atoms with Crippen molar-refractivity contribution >= 4 is 11.6 Å². The Morgan fingerprint density at radius 1 is 0.850 bits per heavy atom. The number of hydrogen-bond acceptors (Lipinski definition) is 0. The molecule has 3 rings (SSSR count). The van der Waals surface area contributed by atoms with E-state index in [1.807, 2.05) is 37.3 Å². The molecule has 0 aliphatic carbocycles. The summed E-state index contributed by atoms with van der Waals surface area (Å²) in [5.41, 5.74) is 4.18. The smallest absolute Gasteiger partial charge is 0.123 e. The molecule has 0 amide bonds. The molecule has 100 valence electrons. The molecule has 1 nitrogen and oxygen atoms in total. The average molecular weight is 286 g/mol. The van der Waals surface area contributed by atoms with E-state index >= 15 is 0 Å². The summed E-state index contributed by atoms with van der Waals surface area (Å²) >= 11 is 5.93. The normalized spacial score (nSPS) is 10.8. The third-order valence-corrected chi connectivity index (χ3v) is 3.55. The molecule has 0 spiro atoms. The van der Waals surface area contributed by atoms with E-state index in [-0.39, 0.29) is 5.82 Å². The molecule has 0 aliphatic heterocycles. The maximum absolute atomic E-state index is 13.1. The predicted molar refractivity (Wildman–Crippen MR) is 80.9 cm³/mol. The molecule has 0 aliphatic rings. The molecule has 0 saturated heterocycles. The van der Waals surface area contributed by atoms with E-state index in [4.69, 9.17) is 11.6 Å². The zero-order valence-electron chi connectivity index (χ0n) is 11.0. The molecule has 0 atom stereocenters. The third-order valence-electron chi connectivity index (χ3n) is 3.30. The monoisotopic (exact) mass is 285 g/mol. The van der Waals surface area contributed by atoms with Crippen LogP contribution < -0.4 is 0 Å². The first-order valence-corrected chi connectivity index (χ1v) is 6.73. The van der Waals surface area contributed by atoms with Crippen LogP contribution >= 0.6 is 11.6 Å². The minimum atomic E-state index is -0.230. The Balaban J connectivity index is 2.14. The van der Waals surface area contributed by atoms with Gasteiger partial charge >= 0.3 is 0 Å². The number of benzene rings is 2. The lowest BCUT2D eigenvalue weighted by Crippen LogP contribution is -1.98. The minimum Gasteiger partial charge on any atom is -0.314 e. The highest BCUT2D eigenvalue weighted by Gasteiger charge is 2.09. The van der Waals surface area contributed by atoms with E-state index in [9.17, 15) is 4.39 Å². The van der Waals surface area contributed by atoms with E-state index in [1.54, 1.807) is 12.1 Å². The van der Waals surface area contributed by atoms with Crippen molar-refractivity contribution in [2.75, 3.05) is 0 Å². The maximum atomic E-state index is 13.1. The van der Waals surface area contributed by atoms with Crippen LogP contribution in [0.25, 0.3) is 16.9 Å². The molecular formula is C17H13ClFN. The molecule has 3 heteroatoms. The molecule has 20 heavy (non-hydrogen) atoms. The molecule has 2 aromatic carbocycles. The quantitative estimate of drug-likeness (QED) is 0.606. The van der Waals surface area contributed by atoms with Crippen molar-refractivity contribution in [2.45, 2.75) is 6.92 Å². The van der Waals surface area contributed by atoms with Crippen LogP contribution in [0.4, 0.5) is 4.39 Å². The fraction of sp³-hybridized carbons (Fsp3) is 0.0588. The van der Waals surface area contributed by atoms with Gasteiger partial charge in [-0.3, -0.25) is 0 Å². The molecule has 3 aromatic rings. The van der Waals surface area contributed by atoms with Gasteiger partial charge in [0.1, 0.15) is 5.82 Å². The number of aryl methyl sites for hydroxylation is 1. The fourth-order valence-electron chi connectivity index (χ4n) is 2.32. The summed E-state index contributed by atoms with van der Waals surface area (Å²) in [6.45, 7) is 2.03. The number of nitrogens with zero attached hydrogens (tertiary/aromatic N) is 1. The summed E-state index contributed by atoms with van der Waals surface area (Å²) in [7, 11) is 0. The Labute approximate surface area is 122 Å². The van der Waals surface area contributed by atoms with Gasteiger partial charge in [-0.2, -0.15) is 0 Å². The third kappa shape index (κ3) is 2.35. The van der Waals surface area contributed by atoms with Gasteiger partial charge in [-0.05, 0) is 61.0 Å². The molecule has 0 radical (unpaired) electrons. The number of aromatic nitrogens is 1. The van der Waals surface area contributed by atoms with E-state index < -0.39 is 0 Å². The standard InChI is InChI=1S/C17H13ClFN/c1-12-2-11-17(13-3-5-14(18)6-4-13)20(12)16-9-7-15(19)8-10-16/h2-11H,1H3. The van der Waals surface area contributed by atoms with Crippen LogP contribution in [0.5, 0.6) is 0 Å². The van der Waals surface area contributed by atoms with Crippen LogP contribution in [-0.2, 0) is 0 Å². The Hall–Kier alpha value is -2.06. The highest BCUT2D eigenvalue weighted by Crippen LogP contribution is 2.27. The Morgan fingerprint density at radius 2 is 1.50 bits per heavy atom. The Morgan fingerprint density at radius 3 is 2.15 bits per heavy atom. The van der Waals surface area contributed by atoms with E-state index in [0.717, 1.165) is 22.6 Å². The van der Waals surface area contributed by atoms with Crippen LogP contribution in [0.3, 0.4) is 0 Å². The van der Waals surface area contributed by atoms with Crippen molar-refractivity contribution in [1.29, 1.82) is 0 Å². The highest BCUT2D eigenvalue weighted by molar-refractivity contribution is 6.30. The van der Waals surface area contributed by atoms with Gasteiger partial charge < -0.3 is 4.57 Å². The van der Waals surface area contributed by atoms with Crippen LogP contribution in [0.15, 0.2) is 60.7 Å². The summed E-state index contributed by atoms with van der Waals surface area (Å²) in [6.07, 6.45) is 0. The summed E-state index contributed by atoms with van der Waals surface area (Å²) in [6, 6.07) is 18.3. The van der Waals surface area contributed by atoms with Gasteiger partial charge in [-0.15, -0.1) is 0 Å². The molecule has 1 heterocycles. The molecule has 0 bridgehead atoms. The van der Waals surface area contributed by atoms with Crippen molar-refractivity contribution < 1.29 is 4.39 Å². The average Bonchev–Trinajstić information content (AvgIpc) is 2.83. The molecule has 0 unspecified atom stereocenters. The minimum absolute atomic E-state index is 0.230. The van der Waals surface area contributed by atoms with E-state index in [1.165, 1.54) is 12.1 Å². The largest absolute Gasteiger partial charge is 0.314 e. The summed E-state index contributed by atoms with van der Waals surface area (Å²) < 4.78 is 15.2. The van der Waals surface area contributed by atoms with Crippen LogP contribution in [0.1, 0.15) is 5.69 Å². The number of rotatable bonds is 2. The van der Waals surface area contributed by atoms with Crippen molar-refractivity contribution in [3.8, 4) is 16.9 Å². The van der Waals surface area contributed by atoms with Gasteiger partial charge in [0.2, 0.25) is 0 Å². The first-order chi connectivity index (χ1) is 9.65. The second-order valence-corrected chi connectivity index (χ2v) is 5.12. The second-order valence-electron chi connectivity index (χ2n) is 4.68. The number of halogens is 2. The first kappa shape index (κ1) is 12.9. The van der Waals surface area contributed by atoms with Crippen molar-refractivity contribution in [3.63, 3.8) is 0 Å². The zero-order valence-corrected chi connectivity index (χ0v) is 11.7. The molecule has 0 N–H and O–H groups in total. The van der Waals surface area contributed by atoms with Crippen LogP contribution in [-0.4, -0.2) is 4.57 Å². The second kappa shape index (κ2) is 5.14. The lowest BCUT2D eigenvalue weighted by Gasteiger charge is -2.12.